The van der Waals surface area contributed by atoms with Crippen molar-refractivity contribution in [3.8, 4) is 0 Å². The molecule has 3 fully saturated rings. The highest BCUT2D eigenvalue weighted by molar-refractivity contribution is 5.80. The summed E-state index contributed by atoms with van der Waals surface area (Å²) in [5.74, 6) is 2.07. The van der Waals surface area contributed by atoms with Gasteiger partial charge in [0, 0.05) is 71.4 Å². The molecule has 0 bridgehead atoms. The van der Waals surface area contributed by atoms with Gasteiger partial charge in [0.15, 0.2) is 5.96 Å². The molecule has 30 heavy (non-hydrogen) atoms. The van der Waals surface area contributed by atoms with E-state index in [-0.39, 0.29) is 0 Å². The van der Waals surface area contributed by atoms with Crippen LogP contribution in [0.3, 0.4) is 0 Å². The number of rotatable bonds is 8. The van der Waals surface area contributed by atoms with E-state index in [1.165, 1.54) is 6.42 Å². The molecule has 8 heteroatoms. The summed E-state index contributed by atoms with van der Waals surface area (Å²) in [4.78, 5) is 12.5. The van der Waals surface area contributed by atoms with Gasteiger partial charge >= 0.3 is 0 Å². The predicted molar refractivity (Wildman–Crippen MR) is 117 cm³/mol. The fourth-order valence-electron chi connectivity index (χ4n) is 4.50. The van der Waals surface area contributed by atoms with Gasteiger partial charge in [0.05, 0.1) is 32.7 Å². The van der Waals surface area contributed by atoms with Gasteiger partial charge in [-0.05, 0) is 25.0 Å². The van der Waals surface area contributed by atoms with Gasteiger partial charge < -0.3 is 24.1 Å². The van der Waals surface area contributed by atoms with Crippen molar-refractivity contribution in [2.24, 2.45) is 4.99 Å². The van der Waals surface area contributed by atoms with Crippen LogP contribution in [0.25, 0.3) is 0 Å². The minimum atomic E-state index is 0.610. The number of likely N-dealkylation sites (tertiary alicyclic amines) is 1. The van der Waals surface area contributed by atoms with Crippen molar-refractivity contribution in [2.75, 3.05) is 85.3 Å². The van der Waals surface area contributed by atoms with E-state index in [9.17, 15) is 0 Å². The summed E-state index contributed by atoms with van der Waals surface area (Å²) in [6.45, 7) is 12.6. The highest BCUT2D eigenvalue weighted by atomic mass is 16.5. The van der Waals surface area contributed by atoms with Crippen LogP contribution in [0.15, 0.2) is 27.8 Å². The minimum absolute atomic E-state index is 0.610. The van der Waals surface area contributed by atoms with Gasteiger partial charge in [-0.3, -0.25) is 14.8 Å². The van der Waals surface area contributed by atoms with Crippen LogP contribution in [-0.2, 0) is 15.9 Å². The van der Waals surface area contributed by atoms with Gasteiger partial charge in [-0.1, -0.05) is 0 Å². The number of aliphatic imine (C=N–C) groups is 1. The van der Waals surface area contributed by atoms with E-state index in [1.807, 2.05) is 12.1 Å². The lowest BCUT2D eigenvalue weighted by molar-refractivity contribution is 0.0195. The first-order valence-electron chi connectivity index (χ1n) is 11.6. The number of nitrogens with one attached hydrogen (secondary N) is 1. The van der Waals surface area contributed by atoms with Gasteiger partial charge in [-0.15, -0.1) is 0 Å². The smallest absolute Gasteiger partial charge is 0.193 e. The molecule has 4 rings (SSSR count). The zero-order valence-corrected chi connectivity index (χ0v) is 18.1. The fraction of sp³-hybridized carbons (Fsp3) is 0.773. The summed E-state index contributed by atoms with van der Waals surface area (Å²) < 4.78 is 16.4. The second-order valence-corrected chi connectivity index (χ2v) is 8.31. The summed E-state index contributed by atoms with van der Waals surface area (Å²) in [5, 5.41) is 3.60. The standard InChI is InChI=1S/C22H37N5O3/c1-3-21(30-14-1)4-7-24-22(23-6-2-8-25-10-15-28-16-11-25)27-9-5-20(19-27)26-12-17-29-18-13-26/h1,3,14,20H,2,4-13,15-19H2,(H,23,24). The highest BCUT2D eigenvalue weighted by Crippen LogP contribution is 2.17. The van der Waals surface area contributed by atoms with Crippen molar-refractivity contribution >= 4 is 5.96 Å². The van der Waals surface area contributed by atoms with Crippen LogP contribution in [0, 0.1) is 0 Å². The molecule has 0 aromatic carbocycles. The van der Waals surface area contributed by atoms with Crippen LogP contribution in [0.1, 0.15) is 18.6 Å². The Morgan fingerprint density at radius 3 is 2.63 bits per heavy atom. The van der Waals surface area contributed by atoms with Crippen molar-refractivity contribution in [1.29, 1.82) is 0 Å². The third-order valence-electron chi connectivity index (χ3n) is 6.26. The molecule has 1 unspecified atom stereocenters. The van der Waals surface area contributed by atoms with Crippen LogP contribution >= 0.6 is 0 Å². The Balaban J connectivity index is 1.28. The Bertz CT molecular complexity index is 627. The zero-order chi connectivity index (χ0) is 20.4. The van der Waals surface area contributed by atoms with Crippen LogP contribution in [-0.4, -0.2) is 112 Å². The molecule has 1 atom stereocenters. The average molecular weight is 420 g/mol. The maximum atomic E-state index is 5.53. The zero-order valence-electron chi connectivity index (χ0n) is 18.1. The molecule has 4 heterocycles. The van der Waals surface area contributed by atoms with Crippen molar-refractivity contribution in [2.45, 2.75) is 25.3 Å². The normalized spacial score (nSPS) is 24.5. The number of furan rings is 1. The molecular formula is C22H37N5O3. The van der Waals surface area contributed by atoms with E-state index in [0.29, 0.717) is 6.04 Å². The van der Waals surface area contributed by atoms with Gasteiger partial charge in [0.1, 0.15) is 5.76 Å². The number of morpholine rings is 2. The van der Waals surface area contributed by atoms with Crippen molar-refractivity contribution < 1.29 is 13.9 Å². The summed E-state index contributed by atoms with van der Waals surface area (Å²) >= 11 is 0. The quantitative estimate of drug-likeness (QED) is 0.381. The first kappa shape index (κ1) is 21.6. The Kier molecular flexibility index (Phi) is 8.42. The highest BCUT2D eigenvalue weighted by Gasteiger charge is 2.30. The van der Waals surface area contributed by atoms with E-state index in [4.69, 9.17) is 18.9 Å². The Labute approximate surface area is 180 Å². The van der Waals surface area contributed by atoms with Crippen LogP contribution < -0.4 is 5.32 Å². The second kappa shape index (κ2) is 11.7. The monoisotopic (exact) mass is 419 g/mol. The number of nitrogens with zero attached hydrogens (tertiary/aromatic N) is 4. The molecule has 0 saturated carbocycles. The number of hydrogen-bond donors (Lipinski definition) is 1. The second-order valence-electron chi connectivity index (χ2n) is 8.31. The lowest BCUT2D eigenvalue weighted by Gasteiger charge is -2.32. The first-order valence-corrected chi connectivity index (χ1v) is 11.6. The fourth-order valence-corrected chi connectivity index (χ4v) is 4.50. The SMILES string of the molecule is c1coc(CCNC(=NCCCN2CCOCC2)N2CCC(N3CCOCC3)C2)c1. The maximum absolute atomic E-state index is 5.53. The van der Waals surface area contributed by atoms with E-state index in [0.717, 1.165) is 110 Å². The molecule has 0 spiro atoms. The molecule has 0 aliphatic carbocycles. The molecule has 1 aromatic rings. The molecule has 3 aliphatic heterocycles. The van der Waals surface area contributed by atoms with E-state index in [2.05, 4.69) is 20.0 Å². The number of hydrogen-bond acceptors (Lipinski definition) is 6. The Morgan fingerprint density at radius 1 is 1.07 bits per heavy atom. The Hall–Kier alpha value is -1.61. The van der Waals surface area contributed by atoms with E-state index < -0.39 is 0 Å². The first-order chi connectivity index (χ1) is 14.9. The van der Waals surface area contributed by atoms with Gasteiger partial charge in [-0.2, -0.15) is 0 Å². The molecule has 1 N–H and O–H groups in total. The molecule has 1 aromatic heterocycles. The van der Waals surface area contributed by atoms with Gasteiger partial charge in [0.25, 0.3) is 0 Å². The maximum Gasteiger partial charge on any atom is 0.193 e. The van der Waals surface area contributed by atoms with Crippen molar-refractivity contribution in [3.63, 3.8) is 0 Å². The topological polar surface area (TPSA) is 65.7 Å². The van der Waals surface area contributed by atoms with Gasteiger partial charge in [-0.25, -0.2) is 0 Å². The summed E-state index contributed by atoms with van der Waals surface area (Å²) in [6.07, 6.45) is 4.90. The third-order valence-corrected chi connectivity index (χ3v) is 6.26. The molecule has 0 radical (unpaired) electrons. The summed E-state index contributed by atoms with van der Waals surface area (Å²) in [5.41, 5.74) is 0. The number of ether oxygens (including phenoxy) is 2. The molecule has 3 saturated heterocycles. The molecule has 0 amide bonds. The third kappa shape index (κ3) is 6.44. The molecule has 8 nitrogen and oxygen atoms in total. The van der Waals surface area contributed by atoms with Crippen molar-refractivity contribution in [1.82, 2.24) is 20.0 Å². The minimum Gasteiger partial charge on any atom is -0.469 e. The lowest BCUT2D eigenvalue weighted by atomic mass is 10.2. The van der Waals surface area contributed by atoms with Crippen molar-refractivity contribution in [3.05, 3.63) is 24.2 Å². The predicted octanol–water partition coefficient (Wildman–Crippen LogP) is 0.897. The molecule has 3 aliphatic rings. The van der Waals surface area contributed by atoms with E-state index >= 15 is 0 Å². The number of guanidine groups is 1. The van der Waals surface area contributed by atoms with Crippen LogP contribution in [0.4, 0.5) is 0 Å². The van der Waals surface area contributed by atoms with Gasteiger partial charge in [0.2, 0.25) is 0 Å². The van der Waals surface area contributed by atoms with Crippen LogP contribution in [0.2, 0.25) is 0 Å². The summed E-state index contributed by atoms with van der Waals surface area (Å²) in [6, 6.07) is 4.59. The van der Waals surface area contributed by atoms with Crippen LogP contribution in [0.5, 0.6) is 0 Å². The average Bonchev–Trinajstić information content (AvgIpc) is 3.49. The lowest BCUT2D eigenvalue weighted by Crippen LogP contribution is -2.47. The Morgan fingerprint density at radius 2 is 1.87 bits per heavy atom. The molecule has 168 valence electrons. The molecular weight excluding hydrogens is 382 g/mol. The largest absolute Gasteiger partial charge is 0.469 e. The summed E-state index contributed by atoms with van der Waals surface area (Å²) in [7, 11) is 0. The van der Waals surface area contributed by atoms with E-state index in [1.54, 1.807) is 6.26 Å².